The number of rotatable bonds is 6. The maximum absolute atomic E-state index is 15.3. The highest BCUT2D eigenvalue weighted by Crippen LogP contribution is 2.65. The molecule has 2 aliphatic carbocycles. The molecule has 0 radical (unpaired) electrons. The zero-order valence-corrected chi connectivity index (χ0v) is 31.8. The standard InChI is InChI=1S/C45H31Cl2FN4O6/c46-25-9-7-24(8-10-25)45-34(42(55)52(44(45)57)50-27-13-11-26(48)12-14-27)22-33-30(39(45)31-18-17-29(53)21-35(31)47)19-20-32-38(33)43(56)51(41(32)54)28-15-5-23(6-16-28)40-49-36-3-1-2-4-37(36)58-40/h1-19,21,32-34,38-39,50,53H,20,22H2/t32-,33+,34-,38-,39+,45+/m0/s1. The van der Waals surface area contributed by atoms with Gasteiger partial charge in [0.05, 0.1) is 34.5 Å². The Morgan fingerprint density at radius 2 is 1.57 bits per heavy atom. The quantitative estimate of drug-likeness (QED) is 0.126. The average Bonchev–Trinajstić information content (AvgIpc) is 3.84. The minimum atomic E-state index is -1.61. The smallest absolute Gasteiger partial charge is 0.260 e. The number of para-hydroxylation sites is 2. The normalized spacial score (nSPS) is 25.2. The third-order valence-electron chi connectivity index (χ3n) is 12.2. The van der Waals surface area contributed by atoms with Crippen molar-refractivity contribution in [1.82, 2.24) is 9.99 Å². The summed E-state index contributed by atoms with van der Waals surface area (Å²) in [6.45, 7) is 0. The molecule has 2 saturated heterocycles. The van der Waals surface area contributed by atoms with Gasteiger partial charge in [0.25, 0.3) is 11.8 Å². The number of hydrazine groups is 1. The van der Waals surface area contributed by atoms with Gasteiger partial charge in [-0.15, -0.1) is 0 Å². The third kappa shape index (κ3) is 5.33. The van der Waals surface area contributed by atoms with Crippen LogP contribution in [-0.4, -0.2) is 38.7 Å². The first-order valence-electron chi connectivity index (χ1n) is 18.7. The second-order valence-corrected chi connectivity index (χ2v) is 16.0. The molecule has 58 heavy (non-hydrogen) atoms. The Morgan fingerprint density at radius 3 is 2.29 bits per heavy atom. The van der Waals surface area contributed by atoms with Crippen molar-refractivity contribution >= 4 is 69.3 Å². The number of nitrogens with one attached hydrogen (secondary N) is 1. The molecule has 6 atom stereocenters. The van der Waals surface area contributed by atoms with Crippen LogP contribution in [0.3, 0.4) is 0 Å². The molecule has 288 valence electrons. The van der Waals surface area contributed by atoms with Gasteiger partial charge in [0.1, 0.15) is 17.1 Å². The zero-order valence-electron chi connectivity index (χ0n) is 30.3. The summed E-state index contributed by atoms with van der Waals surface area (Å²) in [6.07, 6.45) is 2.18. The fourth-order valence-electron chi connectivity index (χ4n) is 9.75. The largest absolute Gasteiger partial charge is 0.508 e. The minimum absolute atomic E-state index is 0.0531. The van der Waals surface area contributed by atoms with E-state index in [9.17, 15) is 23.9 Å². The van der Waals surface area contributed by atoms with Crippen molar-refractivity contribution in [2.75, 3.05) is 10.3 Å². The van der Waals surface area contributed by atoms with E-state index in [-0.39, 0.29) is 29.5 Å². The van der Waals surface area contributed by atoms with Gasteiger partial charge in [0.2, 0.25) is 17.7 Å². The number of phenolic OH excluding ortho intramolecular Hbond substituents is 1. The van der Waals surface area contributed by atoms with Crippen molar-refractivity contribution in [1.29, 1.82) is 0 Å². The van der Waals surface area contributed by atoms with Gasteiger partial charge in [-0.3, -0.25) is 29.5 Å². The number of carbonyl (C=O) groups is 4. The number of hydrogen-bond donors (Lipinski definition) is 2. The van der Waals surface area contributed by atoms with Crippen LogP contribution in [0.2, 0.25) is 10.0 Å². The van der Waals surface area contributed by atoms with Gasteiger partial charge < -0.3 is 9.52 Å². The molecule has 4 amide bonds. The van der Waals surface area contributed by atoms with E-state index in [1.807, 2.05) is 30.3 Å². The first kappa shape index (κ1) is 36.1. The van der Waals surface area contributed by atoms with Crippen molar-refractivity contribution < 1.29 is 33.1 Å². The van der Waals surface area contributed by atoms with Crippen LogP contribution in [0.5, 0.6) is 5.75 Å². The number of aromatic hydroxyl groups is 1. The van der Waals surface area contributed by atoms with E-state index in [4.69, 9.17) is 27.6 Å². The maximum Gasteiger partial charge on any atom is 0.260 e. The number of halogens is 3. The second kappa shape index (κ2) is 13.4. The maximum atomic E-state index is 15.3. The number of amides is 4. The Balaban J connectivity index is 1.08. The van der Waals surface area contributed by atoms with Crippen LogP contribution >= 0.6 is 23.2 Å². The Kier molecular flexibility index (Phi) is 8.33. The number of aromatic nitrogens is 1. The second-order valence-electron chi connectivity index (χ2n) is 15.1. The predicted molar refractivity (Wildman–Crippen MR) is 214 cm³/mol. The molecular weight excluding hydrogens is 782 g/mol. The van der Waals surface area contributed by atoms with Crippen molar-refractivity contribution in [3.05, 3.63) is 154 Å². The highest BCUT2D eigenvalue weighted by molar-refractivity contribution is 6.32. The lowest BCUT2D eigenvalue weighted by Gasteiger charge is -2.50. The molecule has 0 spiro atoms. The molecule has 1 aromatic heterocycles. The number of carbonyl (C=O) groups excluding carboxylic acids is 4. The third-order valence-corrected chi connectivity index (χ3v) is 12.8. The minimum Gasteiger partial charge on any atom is -0.508 e. The number of allylic oxidation sites excluding steroid dienone is 2. The summed E-state index contributed by atoms with van der Waals surface area (Å²) >= 11 is 13.3. The van der Waals surface area contributed by atoms with Gasteiger partial charge in [-0.05, 0) is 115 Å². The summed E-state index contributed by atoms with van der Waals surface area (Å²) in [5.74, 6) is -6.31. The van der Waals surface area contributed by atoms with Gasteiger partial charge >= 0.3 is 0 Å². The molecule has 3 fully saturated rings. The van der Waals surface area contributed by atoms with E-state index in [1.165, 1.54) is 41.3 Å². The molecule has 10 nitrogen and oxygen atoms in total. The summed E-state index contributed by atoms with van der Waals surface area (Å²) in [5.41, 5.74) is 5.66. The van der Waals surface area contributed by atoms with E-state index in [2.05, 4.69) is 10.4 Å². The Hall–Kier alpha value is -6.30. The molecule has 3 heterocycles. The zero-order chi connectivity index (χ0) is 40.0. The van der Waals surface area contributed by atoms with E-state index >= 15 is 4.79 Å². The Bertz CT molecular complexity index is 2700. The predicted octanol–water partition coefficient (Wildman–Crippen LogP) is 8.84. The monoisotopic (exact) mass is 812 g/mol. The molecule has 13 heteroatoms. The van der Waals surface area contributed by atoms with Crippen LogP contribution in [0, 0.1) is 29.5 Å². The SMILES string of the molecule is O=C1[C@@H]2C[C@@H]3C(=CC[C@@H]4C(=O)N(c5ccc(-c6nc7ccccc7o6)cc5)C(=O)[C@@H]43)[C@H](c3ccc(O)cc3Cl)[C@]2(c2ccc(Cl)cc2)C(=O)N1Nc1ccc(F)cc1. The molecule has 2 aliphatic heterocycles. The van der Waals surface area contributed by atoms with Crippen molar-refractivity contribution in [3.8, 4) is 17.2 Å². The molecule has 0 unspecified atom stereocenters. The van der Waals surface area contributed by atoms with Crippen LogP contribution in [0.25, 0.3) is 22.6 Å². The number of nitrogens with zero attached hydrogens (tertiary/aromatic N) is 3. The van der Waals surface area contributed by atoms with Gasteiger partial charge in [0, 0.05) is 21.5 Å². The lowest BCUT2D eigenvalue weighted by Crippen LogP contribution is -2.53. The van der Waals surface area contributed by atoms with Crippen molar-refractivity contribution in [2.45, 2.75) is 24.2 Å². The highest BCUT2D eigenvalue weighted by Gasteiger charge is 2.70. The van der Waals surface area contributed by atoms with Gasteiger partial charge in [-0.25, -0.2) is 9.37 Å². The number of imide groups is 2. The first-order valence-corrected chi connectivity index (χ1v) is 19.5. The number of phenols is 1. The Morgan fingerprint density at radius 1 is 0.828 bits per heavy atom. The Labute approximate surface area is 340 Å². The van der Waals surface area contributed by atoms with Crippen molar-refractivity contribution in [3.63, 3.8) is 0 Å². The topological polar surface area (TPSA) is 133 Å². The summed E-state index contributed by atoms with van der Waals surface area (Å²) in [6, 6.07) is 30.8. The van der Waals surface area contributed by atoms with Crippen molar-refractivity contribution in [2.24, 2.45) is 23.7 Å². The summed E-state index contributed by atoms with van der Waals surface area (Å²) in [4.78, 5) is 65.0. The molecule has 2 N–H and O–H groups in total. The lowest BCUT2D eigenvalue weighted by molar-refractivity contribution is -0.138. The summed E-state index contributed by atoms with van der Waals surface area (Å²) in [5, 5.41) is 12.0. The molecule has 4 aliphatic rings. The van der Waals surface area contributed by atoms with Crippen LogP contribution in [0.15, 0.2) is 131 Å². The number of benzene rings is 5. The van der Waals surface area contributed by atoms with Gasteiger partial charge in [-0.2, -0.15) is 5.01 Å². The first-order chi connectivity index (χ1) is 28.0. The van der Waals surface area contributed by atoms with Gasteiger partial charge in [-0.1, -0.05) is 65.2 Å². The van der Waals surface area contributed by atoms with E-state index in [0.29, 0.717) is 55.7 Å². The molecule has 10 rings (SSSR count). The molecule has 5 aromatic carbocycles. The molecular formula is C45H31Cl2FN4O6. The highest BCUT2D eigenvalue weighted by atomic mass is 35.5. The molecule has 1 saturated carbocycles. The average molecular weight is 814 g/mol. The molecule has 6 aromatic rings. The number of anilines is 2. The fourth-order valence-corrected chi connectivity index (χ4v) is 10.2. The van der Waals surface area contributed by atoms with Crippen LogP contribution in [-0.2, 0) is 24.6 Å². The summed E-state index contributed by atoms with van der Waals surface area (Å²) < 4.78 is 19.9. The van der Waals surface area contributed by atoms with Crippen LogP contribution in [0.4, 0.5) is 15.8 Å². The van der Waals surface area contributed by atoms with E-state index in [1.54, 1.807) is 54.6 Å². The van der Waals surface area contributed by atoms with E-state index < -0.39 is 58.5 Å². The van der Waals surface area contributed by atoms with Crippen LogP contribution < -0.4 is 10.3 Å². The number of oxazole rings is 1. The summed E-state index contributed by atoms with van der Waals surface area (Å²) in [7, 11) is 0. The van der Waals surface area contributed by atoms with E-state index in [0.717, 1.165) is 5.01 Å². The van der Waals surface area contributed by atoms with Crippen LogP contribution in [0.1, 0.15) is 29.9 Å². The number of fused-ring (bicyclic) bond motifs is 5. The lowest BCUT2D eigenvalue weighted by atomic mass is 9.49. The molecule has 0 bridgehead atoms. The van der Waals surface area contributed by atoms with Gasteiger partial charge in [0.15, 0.2) is 5.58 Å². The number of hydrogen-bond acceptors (Lipinski definition) is 8. The fraction of sp³-hybridized carbons (Fsp3) is 0.178.